The summed E-state index contributed by atoms with van der Waals surface area (Å²) in [4.78, 5) is 0. The summed E-state index contributed by atoms with van der Waals surface area (Å²) in [7, 11) is 2.03. The highest BCUT2D eigenvalue weighted by Crippen LogP contribution is 2.29. The minimum absolute atomic E-state index is 0.394. The van der Waals surface area contributed by atoms with Crippen molar-refractivity contribution in [1.29, 1.82) is 0 Å². The first-order valence-electron chi connectivity index (χ1n) is 6.21. The van der Waals surface area contributed by atoms with E-state index in [0.29, 0.717) is 11.5 Å². The quantitative estimate of drug-likeness (QED) is 0.818. The Hall–Kier alpha value is -0.760. The van der Waals surface area contributed by atoms with Crippen LogP contribution in [0.15, 0.2) is 16.7 Å². The van der Waals surface area contributed by atoms with Crippen LogP contribution in [-0.2, 0) is 6.42 Å². The summed E-state index contributed by atoms with van der Waals surface area (Å²) in [6.45, 7) is 9.00. The molecule has 0 aliphatic heterocycles. The molecule has 92 valence electrons. The van der Waals surface area contributed by atoms with Crippen molar-refractivity contribution in [3.05, 3.63) is 23.7 Å². The molecule has 2 nitrogen and oxygen atoms in total. The molecule has 1 atom stereocenters. The zero-order valence-corrected chi connectivity index (χ0v) is 11.3. The first-order valence-corrected chi connectivity index (χ1v) is 6.21. The molecular weight excluding hydrogens is 198 g/mol. The van der Waals surface area contributed by atoms with E-state index in [1.165, 1.54) is 12.0 Å². The van der Waals surface area contributed by atoms with Gasteiger partial charge in [0.1, 0.15) is 5.76 Å². The monoisotopic (exact) mass is 223 g/mol. The van der Waals surface area contributed by atoms with Gasteiger partial charge in [-0.25, -0.2) is 0 Å². The number of aryl methyl sites for hydroxylation is 1. The molecule has 0 saturated heterocycles. The van der Waals surface area contributed by atoms with Crippen molar-refractivity contribution < 1.29 is 4.42 Å². The first kappa shape index (κ1) is 13.3. The summed E-state index contributed by atoms with van der Waals surface area (Å²) in [6.07, 6.45) is 5.14. The van der Waals surface area contributed by atoms with Crippen LogP contribution in [0.25, 0.3) is 0 Å². The van der Waals surface area contributed by atoms with Gasteiger partial charge in [0, 0.05) is 18.0 Å². The van der Waals surface area contributed by atoms with Crippen molar-refractivity contribution in [2.75, 3.05) is 7.05 Å². The number of hydrogen-bond acceptors (Lipinski definition) is 2. The van der Waals surface area contributed by atoms with Crippen LogP contribution in [0.2, 0.25) is 0 Å². The average Bonchev–Trinajstić information content (AvgIpc) is 2.65. The Balaban J connectivity index is 2.67. The Bertz CT molecular complexity index is 309. The second kappa shape index (κ2) is 5.53. The summed E-state index contributed by atoms with van der Waals surface area (Å²) in [5.41, 5.74) is 1.72. The molecule has 16 heavy (non-hydrogen) atoms. The zero-order valence-electron chi connectivity index (χ0n) is 11.3. The maximum absolute atomic E-state index is 5.49. The molecule has 0 bridgehead atoms. The normalized spacial score (nSPS) is 14.1. The molecule has 1 rings (SSSR count). The molecule has 0 saturated carbocycles. The zero-order chi connectivity index (χ0) is 12.2. The molecule has 0 radical (unpaired) electrons. The maximum atomic E-state index is 5.49. The second-order valence-corrected chi connectivity index (χ2v) is 5.59. The average molecular weight is 223 g/mol. The van der Waals surface area contributed by atoms with E-state index >= 15 is 0 Å². The van der Waals surface area contributed by atoms with Crippen LogP contribution in [0.1, 0.15) is 57.9 Å². The molecule has 1 N–H and O–H groups in total. The predicted molar refractivity (Wildman–Crippen MR) is 68.6 cm³/mol. The van der Waals surface area contributed by atoms with Gasteiger partial charge >= 0.3 is 0 Å². The van der Waals surface area contributed by atoms with Gasteiger partial charge in [-0.1, -0.05) is 27.7 Å². The Labute approximate surface area is 99.4 Å². The number of rotatable bonds is 5. The fraction of sp³-hybridized carbons (Fsp3) is 0.714. The molecule has 0 amide bonds. The SMILES string of the molecule is CCc1occc1C(CCC(C)(C)C)NC. The molecule has 0 aromatic carbocycles. The maximum Gasteiger partial charge on any atom is 0.108 e. The van der Waals surface area contributed by atoms with Crippen LogP contribution in [0.3, 0.4) is 0 Å². The third kappa shape index (κ3) is 3.67. The van der Waals surface area contributed by atoms with Crippen LogP contribution in [0.4, 0.5) is 0 Å². The highest BCUT2D eigenvalue weighted by atomic mass is 16.3. The lowest BCUT2D eigenvalue weighted by Gasteiger charge is -2.23. The van der Waals surface area contributed by atoms with Gasteiger partial charge in [-0.15, -0.1) is 0 Å². The fourth-order valence-corrected chi connectivity index (χ4v) is 1.98. The molecule has 1 aromatic rings. The number of furan rings is 1. The van der Waals surface area contributed by atoms with Gasteiger partial charge in [0.05, 0.1) is 6.26 Å². The lowest BCUT2D eigenvalue weighted by molar-refractivity contribution is 0.336. The first-order chi connectivity index (χ1) is 7.48. The molecule has 2 heteroatoms. The van der Waals surface area contributed by atoms with Crippen molar-refractivity contribution in [3.63, 3.8) is 0 Å². The van der Waals surface area contributed by atoms with Crippen molar-refractivity contribution in [2.24, 2.45) is 5.41 Å². The highest BCUT2D eigenvalue weighted by molar-refractivity contribution is 5.21. The van der Waals surface area contributed by atoms with E-state index in [9.17, 15) is 0 Å². The molecule has 0 aliphatic carbocycles. The summed E-state index contributed by atoms with van der Waals surface area (Å²) < 4.78 is 5.49. The fourth-order valence-electron chi connectivity index (χ4n) is 1.98. The summed E-state index contributed by atoms with van der Waals surface area (Å²) in [5.74, 6) is 1.12. The van der Waals surface area contributed by atoms with Gasteiger partial charge in [0.25, 0.3) is 0 Å². The van der Waals surface area contributed by atoms with E-state index in [1.54, 1.807) is 6.26 Å². The Kier molecular flexibility index (Phi) is 4.60. The van der Waals surface area contributed by atoms with Gasteiger partial charge in [-0.2, -0.15) is 0 Å². The van der Waals surface area contributed by atoms with Crippen molar-refractivity contribution in [2.45, 2.75) is 53.0 Å². The molecule has 1 heterocycles. The van der Waals surface area contributed by atoms with Crippen molar-refractivity contribution in [1.82, 2.24) is 5.32 Å². The van der Waals surface area contributed by atoms with Gasteiger partial charge in [0.15, 0.2) is 0 Å². The van der Waals surface area contributed by atoms with E-state index in [-0.39, 0.29) is 0 Å². The molecule has 1 unspecified atom stereocenters. The van der Waals surface area contributed by atoms with E-state index in [0.717, 1.165) is 18.6 Å². The third-order valence-corrected chi connectivity index (χ3v) is 3.01. The van der Waals surface area contributed by atoms with Crippen LogP contribution in [0, 0.1) is 5.41 Å². The molecular formula is C14H25NO. The summed E-state index contributed by atoms with van der Waals surface area (Å²) in [6, 6.07) is 2.52. The number of hydrogen-bond donors (Lipinski definition) is 1. The third-order valence-electron chi connectivity index (χ3n) is 3.01. The van der Waals surface area contributed by atoms with Gasteiger partial charge < -0.3 is 9.73 Å². The highest BCUT2D eigenvalue weighted by Gasteiger charge is 2.18. The largest absolute Gasteiger partial charge is 0.469 e. The second-order valence-electron chi connectivity index (χ2n) is 5.59. The molecule has 0 fully saturated rings. The van der Waals surface area contributed by atoms with Crippen LogP contribution in [-0.4, -0.2) is 7.05 Å². The molecule has 1 aromatic heterocycles. The van der Waals surface area contributed by atoms with Crippen LogP contribution in [0.5, 0.6) is 0 Å². The van der Waals surface area contributed by atoms with E-state index in [1.807, 2.05) is 7.05 Å². The summed E-state index contributed by atoms with van der Waals surface area (Å²) in [5, 5.41) is 3.39. The minimum Gasteiger partial charge on any atom is -0.469 e. The Morgan fingerprint density at radius 1 is 1.38 bits per heavy atom. The van der Waals surface area contributed by atoms with E-state index in [2.05, 4.69) is 39.1 Å². The van der Waals surface area contributed by atoms with Crippen LogP contribution < -0.4 is 5.32 Å². The van der Waals surface area contributed by atoms with Gasteiger partial charge in [0.2, 0.25) is 0 Å². The Morgan fingerprint density at radius 2 is 2.06 bits per heavy atom. The Morgan fingerprint density at radius 3 is 2.56 bits per heavy atom. The van der Waals surface area contributed by atoms with Crippen LogP contribution >= 0.6 is 0 Å². The molecule has 0 spiro atoms. The van der Waals surface area contributed by atoms with Gasteiger partial charge in [-0.3, -0.25) is 0 Å². The lowest BCUT2D eigenvalue weighted by atomic mass is 9.87. The van der Waals surface area contributed by atoms with E-state index in [4.69, 9.17) is 4.42 Å². The minimum atomic E-state index is 0.394. The smallest absolute Gasteiger partial charge is 0.108 e. The van der Waals surface area contributed by atoms with E-state index < -0.39 is 0 Å². The number of nitrogens with one attached hydrogen (secondary N) is 1. The standard InChI is InChI=1S/C14H25NO/c1-6-13-11(8-10-16-13)12(15-5)7-9-14(2,3)4/h8,10,12,15H,6-7,9H2,1-5H3. The topological polar surface area (TPSA) is 25.2 Å². The van der Waals surface area contributed by atoms with Crippen molar-refractivity contribution >= 4 is 0 Å². The lowest BCUT2D eigenvalue weighted by Crippen LogP contribution is -2.19. The molecule has 0 aliphatic rings. The van der Waals surface area contributed by atoms with Crippen molar-refractivity contribution in [3.8, 4) is 0 Å². The van der Waals surface area contributed by atoms with Gasteiger partial charge in [-0.05, 0) is 31.4 Å². The predicted octanol–water partition coefficient (Wildman–Crippen LogP) is 3.93. The summed E-state index contributed by atoms with van der Waals surface area (Å²) >= 11 is 0.